The molecule has 1 heterocycles. The molecule has 3 heteroatoms. The highest BCUT2D eigenvalue weighted by atomic mass is 15.0. The summed E-state index contributed by atoms with van der Waals surface area (Å²) in [5.74, 6) is 0.674. The fourth-order valence-corrected chi connectivity index (χ4v) is 0.407. The highest BCUT2D eigenvalue weighted by Gasteiger charge is 1.83. The first-order valence-corrected chi connectivity index (χ1v) is 2.29. The molecular formula is C5H6N3. The summed E-state index contributed by atoms with van der Waals surface area (Å²) in [7, 11) is 1.68. The lowest BCUT2D eigenvalue weighted by Gasteiger charge is -1.88. The van der Waals surface area contributed by atoms with Gasteiger partial charge in [0, 0.05) is 19.4 Å². The average Bonchev–Trinajstić information content (AvgIpc) is 1.90. The van der Waals surface area contributed by atoms with Crippen LogP contribution in [0.4, 0.5) is 5.82 Å². The summed E-state index contributed by atoms with van der Waals surface area (Å²) in [6.45, 7) is 0. The van der Waals surface area contributed by atoms with Crippen molar-refractivity contribution < 1.29 is 0 Å². The van der Waals surface area contributed by atoms with E-state index in [0.29, 0.717) is 5.82 Å². The molecule has 0 saturated carbocycles. The molecule has 1 aromatic heterocycles. The summed E-state index contributed by atoms with van der Waals surface area (Å²) >= 11 is 0. The fourth-order valence-electron chi connectivity index (χ4n) is 0.407. The van der Waals surface area contributed by atoms with Crippen molar-refractivity contribution in [2.45, 2.75) is 0 Å². The van der Waals surface area contributed by atoms with E-state index in [9.17, 15) is 0 Å². The van der Waals surface area contributed by atoms with Gasteiger partial charge in [0.2, 0.25) is 0 Å². The van der Waals surface area contributed by atoms with Gasteiger partial charge < -0.3 is 0 Å². The van der Waals surface area contributed by atoms with Crippen molar-refractivity contribution in [3.8, 4) is 0 Å². The molecule has 0 unspecified atom stereocenters. The number of hydrogen-bond acceptors (Lipinski definition) is 2. The third-order valence-corrected chi connectivity index (χ3v) is 0.779. The molecule has 8 heavy (non-hydrogen) atoms. The zero-order valence-corrected chi connectivity index (χ0v) is 4.57. The summed E-state index contributed by atoms with van der Waals surface area (Å²) < 4.78 is 0. The highest BCUT2D eigenvalue weighted by molar-refractivity contribution is 5.17. The zero-order valence-electron chi connectivity index (χ0n) is 4.57. The maximum absolute atomic E-state index is 3.87. The second kappa shape index (κ2) is 2.26. The van der Waals surface area contributed by atoms with E-state index >= 15 is 0 Å². The Morgan fingerprint density at radius 1 is 1.50 bits per heavy atom. The molecule has 0 spiro atoms. The first kappa shape index (κ1) is 5.03. The third kappa shape index (κ3) is 0.932. The molecule has 0 atom stereocenters. The Balaban J connectivity index is 2.83. The standard InChI is InChI=1S/C5H6N3/c1-6-5-4-7-2-3-8-5/h2-4H,1H3. The second-order valence-corrected chi connectivity index (χ2v) is 1.29. The molecule has 0 aliphatic rings. The second-order valence-electron chi connectivity index (χ2n) is 1.29. The smallest absolute Gasteiger partial charge is 0.165 e. The molecule has 0 fully saturated rings. The van der Waals surface area contributed by atoms with Gasteiger partial charge in [0.1, 0.15) is 0 Å². The first-order chi connectivity index (χ1) is 3.93. The Hall–Kier alpha value is -1.12. The van der Waals surface area contributed by atoms with Crippen molar-refractivity contribution in [3.63, 3.8) is 0 Å². The van der Waals surface area contributed by atoms with E-state index < -0.39 is 0 Å². The maximum Gasteiger partial charge on any atom is 0.165 e. The van der Waals surface area contributed by atoms with Gasteiger partial charge in [0.25, 0.3) is 0 Å². The summed E-state index contributed by atoms with van der Waals surface area (Å²) in [5, 5.41) is 3.80. The molecule has 0 bridgehead atoms. The molecule has 3 nitrogen and oxygen atoms in total. The van der Waals surface area contributed by atoms with Crippen molar-refractivity contribution in [1.82, 2.24) is 15.3 Å². The lowest BCUT2D eigenvalue weighted by molar-refractivity contribution is 1.000. The molecule has 1 rings (SSSR count). The van der Waals surface area contributed by atoms with E-state index in [0.717, 1.165) is 0 Å². The van der Waals surface area contributed by atoms with Gasteiger partial charge in [0.05, 0.1) is 6.20 Å². The minimum Gasteiger partial charge on any atom is -0.269 e. The fraction of sp³-hybridized carbons (Fsp3) is 0.200. The van der Waals surface area contributed by atoms with Crippen molar-refractivity contribution in [1.29, 1.82) is 0 Å². The molecule has 0 aliphatic heterocycles. The van der Waals surface area contributed by atoms with Crippen LogP contribution >= 0.6 is 0 Å². The zero-order chi connectivity index (χ0) is 5.82. The summed E-state index contributed by atoms with van der Waals surface area (Å²) in [6, 6.07) is 0. The summed E-state index contributed by atoms with van der Waals surface area (Å²) in [4.78, 5) is 7.67. The van der Waals surface area contributed by atoms with Crippen LogP contribution in [0.1, 0.15) is 0 Å². The predicted molar refractivity (Wildman–Crippen MR) is 29.7 cm³/mol. The molecule has 0 saturated heterocycles. The lowest BCUT2D eigenvalue weighted by atomic mass is 10.7. The quantitative estimate of drug-likeness (QED) is 0.520. The molecule has 0 aliphatic carbocycles. The van der Waals surface area contributed by atoms with Gasteiger partial charge in [-0.25, -0.2) is 4.98 Å². The molecule has 0 aromatic carbocycles. The van der Waals surface area contributed by atoms with E-state index in [1.165, 1.54) is 0 Å². The van der Waals surface area contributed by atoms with Gasteiger partial charge in [-0.15, -0.1) is 0 Å². The van der Waals surface area contributed by atoms with Gasteiger partial charge >= 0.3 is 0 Å². The van der Waals surface area contributed by atoms with E-state index in [2.05, 4.69) is 15.3 Å². The molecule has 1 aromatic rings. The summed E-state index contributed by atoms with van der Waals surface area (Å²) in [5.41, 5.74) is 0. The maximum atomic E-state index is 3.87. The molecular weight excluding hydrogens is 102 g/mol. The lowest BCUT2D eigenvalue weighted by Crippen LogP contribution is -1.89. The highest BCUT2D eigenvalue weighted by Crippen LogP contribution is 1.92. The predicted octanol–water partition coefficient (Wildman–Crippen LogP) is 0.342. The average molecular weight is 108 g/mol. The Labute approximate surface area is 47.8 Å². The summed E-state index contributed by atoms with van der Waals surface area (Å²) in [6.07, 6.45) is 4.84. The number of nitrogens with zero attached hydrogens (tertiary/aromatic N) is 3. The van der Waals surface area contributed by atoms with Crippen LogP contribution in [-0.4, -0.2) is 17.0 Å². The molecule has 0 N–H and O–H groups in total. The van der Waals surface area contributed by atoms with Crippen LogP contribution in [0.2, 0.25) is 0 Å². The number of aromatic nitrogens is 2. The molecule has 41 valence electrons. The van der Waals surface area contributed by atoms with Gasteiger partial charge in [-0.3, -0.25) is 10.3 Å². The van der Waals surface area contributed by atoms with Crippen LogP contribution in [0.25, 0.3) is 0 Å². The number of hydrogen-bond donors (Lipinski definition) is 0. The third-order valence-electron chi connectivity index (χ3n) is 0.779. The van der Waals surface area contributed by atoms with Crippen LogP contribution in [-0.2, 0) is 0 Å². The van der Waals surface area contributed by atoms with Crippen LogP contribution in [0.5, 0.6) is 0 Å². The monoisotopic (exact) mass is 108 g/mol. The Morgan fingerprint density at radius 2 is 2.38 bits per heavy atom. The topological polar surface area (TPSA) is 39.9 Å². The van der Waals surface area contributed by atoms with Crippen molar-refractivity contribution in [2.24, 2.45) is 0 Å². The van der Waals surface area contributed by atoms with Gasteiger partial charge in [0.15, 0.2) is 5.82 Å². The van der Waals surface area contributed by atoms with Crippen molar-refractivity contribution >= 4 is 5.82 Å². The van der Waals surface area contributed by atoms with Gasteiger partial charge in [-0.2, -0.15) is 0 Å². The van der Waals surface area contributed by atoms with Crippen LogP contribution in [0.3, 0.4) is 0 Å². The van der Waals surface area contributed by atoms with Gasteiger partial charge in [-0.05, 0) is 0 Å². The van der Waals surface area contributed by atoms with Gasteiger partial charge in [-0.1, -0.05) is 0 Å². The Morgan fingerprint density at radius 3 is 2.75 bits per heavy atom. The van der Waals surface area contributed by atoms with Crippen LogP contribution < -0.4 is 5.32 Å². The van der Waals surface area contributed by atoms with E-state index in [1.807, 2.05) is 0 Å². The van der Waals surface area contributed by atoms with E-state index in [-0.39, 0.29) is 0 Å². The van der Waals surface area contributed by atoms with E-state index in [1.54, 1.807) is 25.6 Å². The minimum atomic E-state index is 0.674. The molecule has 0 amide bonds. The largest absolute Gasteiger partial charge is 0.269 e. The minimum absolute atomic E-state index is 0.674. The normalized spacial score (nSPS) is 8.62. The number of rotatable bonds is 1. The Bertz CT molecular complexity index is 149. The Kier molecular flexibility index (Phi) is 1.42. The SMILES string of the molecule is C[N]c1cnccn1. The first-order valence-electron chi connectivity index (χ1n) is 2.29. The van der Waals surface area contributed by atoms with Crippen LogP contribution in [0.15, 0.2) is 18.6 Å². The van der Waals surface area contributed by atoms with E-state index in [4.69, 9.17) is 0 Å². The van der Waals surface area contributed by atoms with Crippen LogP contribution in [0, 0.1) is 0 Å². The van der Waals surface area contributed by atoms with Crippen molar-refractivity contribution in [3.05, 3.63) is 18.6 Å². The van der Waals surface area contributed by atoms with Crippen molar-refractivity contribution in [2.75, 3.05) is 7.05 Å². The molecule has 1 radical (unpaired) electrons.